The molecule has 1 aromatic heterocycles. The number of fused-ring (bicyclic) bond motifs is 1. The Labute approximate surface area is 161 Å². The molecule has 1 aliphatic carbocycles. The number of urea groups is 1. The van der Waals surface area contributed by atoms with Gasteiger partial charge in [0, 0.05) is 24.6 Å². The van der Waals surface area contributed by atoms with E-state index in [0.717, 1.165) is 0 Å². The Balaban J connectivity index is 1.41. The largest absolute Gasteiger partial charge is 0.481 e. The second-order valence-corrected chi connectivity index (χ2v) is 7.28. The molecule has 0 aromatic carbocycles. The van der Waals surface area contributed by atoms with Gasteiger partial charge in [-0.25, -0.2) is 9.78 Å². The fourth-order valence-electron chi connectivity index (χ4n) is 3.97. The van der Waals surface area contributed by atoms with Crippen molar-refractivity contribution >= 4 is 23.8 Å². The second-order valence-electron chi connectivity index (χ2n) is 7.28. The van der Waals surface area contributed by atoms with E-state index in [9.17, 15) is 19.2 Å². The number of amides is 5. The SMILES string of the molecule is CCN1Cc2nc(OC)c(CNC(=O)C3CC4(C3)NC(=O)NC4=O)cc2C1=O. The van der Waals surface area contributed by atoms with E-state index in [0.29, 0.717) is 35.8 Å². The Bertz CT molecular complexity index is 893. The van der Waals surface area contributed by atoms with E-state index in [-0.39, 0.29) is 43.0 Å². The zero-order chi connectivity index (χ0) is 20.1. The highest BCUT2D eigenvalue weighted by atomic mass is 16.5. The summed E-state index contributed by atoms with van der Waals surface area (Å²) >= 11 is 0. The van der Waals surface area contributed by atoms with E-state index in [2.05, 4.69) is 20.9 Å². The lowest BCUT2D eigenvalue weighted by Gasteiger charge is -2.41. The minimum Gasteiger partial charge on any atom is -0.481 e. The predicted octanol–water partition coefficient (Wildman–Crippen LogP) is -0.330. The first kappa shape index (κ1) is 18.2. The normalized spacial score (nSPS) is 25.3. The second kappa shape index (κ2) is 6.47. The number of carbonyl (C=O) groups is 4. The zero-order valence-electron chi connectivity index (χ0n) is 15.6. The molecular weight excluding hydrogens is 366 g/mol. The fraction of sp³-hybridized carbons (Fsp3) is 0.500. The van der Waals surface area contributed by atoms with Gasteiger partial charge in [-0.1, -0.05) is 0 Å². The first-order chi connectivity index (χ1) is 13.4. The van der Waals surface area contributed by atoms with Gasteiger partial charge < -0.3 is 20.3 Å². The van der Waals surface area contributed by atoms with Crippen LogP contribution in [-0.4, -0.2) is 52.8 Å². The van der Waals surface area contributed by atoms with Crippen LogP contribution in [0.2, 0.25) is 0 Å². The fourth-order valence-corrected chi connectivity index (χ4v) is 3.97. The van der Waals surface area contributed by atoms with Crippen molar-refractivity contribution in [3.63, 3.8) is 0 Å². The molecule has 1 saturated heterocycles. The highest BCUT2D eigenvalue weighted by molar-refractivity contribution is 6.08. The number of hydrogen-bond donors (Lipinski definition) is 3. The minimum atomic E-state index is -0.956. The third-order valence-electron chi connectivity index (χ3n) is 5.60. The summed E-state index contributed by atoms with van der Waals surface area (Å²) in [6, 6.07) is 1.19. The van der Waals surface area contributed by atoms with Gasteiger partial charge in [-0.2, -0.15) is 0 Å². The topological polar surface area (TPSA) is 130 Å². The summed E-state index contributed by atoms with van der Waals surface area (Å²) in [7, 11) is 1.49. The van der Waals surface area contributed by atoms with Crippen molar-refractivity contribution in [1.29, 1.82) is 0 Å². The van der Waals surface area contributed by atoms with Gasteiger partial charge in [0.2, 0.25) is 11.8 Å². The molecule has 28 heavy (non-hydrogen) atoms. The summed E-state index contributed by atoms with van der Waals surface area (Å²) in [4.78, 5) is 54.0. The van der Waals surface area contributed by atoms with Crippen LogP contribution < -0.4 is 20.7 Å². The smallest absolute Gasteiger partial charge is 0.322 e. The number of hydrogen-bond acceptors (Lipinski definition) is 6. The number of aromatic nitrogens is 1. The maximum atomic E-state index is 12.4. The molecule has 3 N–H and O–H groups in total. The monoisotopic (exact) mass is 387 g/mol. The molecule has 1 aromatic rings. The Morgan fingerprint density at radius 1 is 1.39 bits per heavy atom. The number of rotatable bonds is 5. The van der Waals surface area contributed by atoms with Crippen LogP contribution in [0.1, 0.15) is 41.4 Å². The lowest BCUT2D eigenvalue weighted by Crippen LogP contribution is -2.60. The minimum absolute atomic E-state index is 0.0795. The average Bonchev–Trinajstić information content (AvgIpc) is 3.12. The molecule has 3 aliphatic rings. The van der Waals surface area contributed by atoms with Crippen molar-refractivity contribution in [1.82, 2.24) is 25.8 Å². The van der Waals surface area contributed by atoms with E-state index >= 15 is 0 Å². The van der Waals surface area contributed by atoms with Crippen molar-refractivity contribution < 1.29 is 23.9 Å². The van der Waals surface area contributed by atoms with Crippen LogP contribution >= 0.6 is 0 Å². The Kier molecular flexibility index (Phi) is 4.20. The number of pyridine rings is 1. The molecule has 0 unspecified atom stereocenters. The van der Waals surface area contributed by atoms with Crippen molar-refractivity contribution in [3.8, 4) is 5.88 Å². The summed E-state index contributed by atoms with van der Waals surface area (Å²) < 4.78 is 5.32. The molecule has 10 nitrogen and oxygen atoms in total. The van der Waals surface area contributed by atoms with E-state index in [1.54, 1.807) is 11.0 Å². The summed E-state index contributed by atoms with van der Waals surface area (Å²) in [5.41, 5.74) is 0.853. The van der Waals surface area contributed by atoms with Crippen molar-refractivity contribution in [2.75, 3.05) is 13.7 Å². The molecule has 4 rings (SSSR count). The van der Waals surface area contributed by atoms with Crippen LogP contribution in [0.15, 0.2) is 6.07 Å². The summed E-state index contributed by atoms with van der Waals surface area (Å²) in [5.74, 6) is -0.676. The van der Waals surface area contributed by atoms with Crippen molar-refractivity contribution in [2.24, 2.45) is 5.92 Å². The van der Waals surface area contributed by atoms with Crippen LogP contribution in [0.5, 0.6) is 5.88 Å². The van der Waals surface area contributed by atoms with Crippen LogP contribution in [0.25, 0.3) is 0 Å². The van der Waals surface area contributed by atoms with E-state index in [1.807, 2.05) is 6.92 Å². The number of ether oxygens (including phenoxy) is 1. The lowest BCUT2D eigenvalue weighted by molar-refractivity contribution is -0.136. The number of carbonyl (C=O) groups excluding carboxylic acids is 4. The predicted molar refractivity (Wildman–Crippen MR) is 95.2 cm³/mol. The molecule has 1 spiro atoms. The van der Waals surface area contributed by atoms with Crippen LogP contribution in [0, 0.1) is 5.92 Å². The first-order valence-electron chi connectivity index (χ1n) is 9.14. The van der Waals surface area contributed by atoms with E-state index in [4.69, 9.17) is 4.74 Å². The van der Waals surface area contributed by atoms with Gasteiger partial charge in [0.25, 0.3) is 11.8 Å². The molecule has 0 atom stereocenters. The summed E-state index contributed by atoms with van der Waals surface area (Å²) in [5, 5.41) is 7.59. The maximum absolute atomic E-state index is 12.4. The van der Waals surface area contributed by atoms with Gasteiger partial charge in [-0.15, -0.1) is 0 Å². The van der Waals surface area contributed by atoms with Crippen LogP contribution in [0.4, 0.5) is 4.79 Å². The third-order valence-corrected chi connectivity index (χ3v) is 5.60. The van der Waals surface area contributed by atoms with E-state index in [1.165, 1.54) is 7.11 Å². The van der Waals surface area contributed by atoms with Crippen LogP contribution in [0.3, 0.4) is 0 Å². The molecule has 3 heterocycles. The van der Waals surface area contributed by atoms with Crippen molar-refractivity contribution in [2.45, 2.75) is 38.4 Å². The lowest BCUT2D eigenvalue weighted by atomic mass is 9.68. The van der Waals surface area contributed by atoms with Crippen molar-refractivity contribution in [3.05, 3.63) is 22.9 Å². The van der Waals surface area contributed by atoms with Gasteiger partial charge in [0.1, 0.15) is 5.54 Å². The van der Waals surface area contributed by atoms with Gasteiger partial charge >= 0.3 is 6.03 Å². The number of methoxy groups -OCH3 is 1. The molecule has 2 fully saturated rings. The Morgan fingerprint density at radius 2 is 2.14 bits per heavy atom. The zero-order valence-corrected chi connectivity index (χ0v) is 15.6. The molecule has 0 bridgehead atoms. The van der Waals surface area contributed by atoms with Gasteiger partial charge in [-0.05, 0) is 25.8 Å². The summed E-state index contributed by atoms with van der Waals surface area (Å²) in [6.07, 6.45) is 0.528. The van der Waals surface area contributed by atoms with E-state index < -0.39 is 11.6 Å². The third kappa shape index (κ3) is 2.76. The Hall–Kier alpha value is -3.17. The average molecular weight is 387 g/mol. The first-order valence-corrected chi connectivity index (χ1v) is 9.14. The van der Waals surface area contributed by atoms with Gasteiger partial charge in [-0.3, -0.25) is 19.7 Å². The molecule has 0 radical (unpaired) electrons. The van der Waals surface area contributed by atoms with Gasteiger partial charge in [0.15, 0.2) is 0 Å². The van der Waals surface area contributed by atoms with Crippen LogP contribution in [-0.2, 0) is 22.7 Å². The van der Waals surface area contributed by atoms with Gasteiger partial charge in [0.05, 0.1) is 24.9 Å². The molecule has 148 valence electrons. The maximum Gasteiger partial charge on any atom is 0.322 e. The highest BCUT2D eigenvalue weighted by Crippen LogP contribution is 2.40. The standard InChI is InChI=1S/C18H21N5O5/c1-3-23-8-12-11(15(23)25)4-9(14(20-12)28-2)7-19-13(24)10-5-18(6-10)16(26)21-17(27)22-18/h4,10H,3,5-8H2,1-2H3,(H,19,24)(H2,21,22,26,27). The molecular formula is C18H21N5O5. The summed E-state index contributed by atoms with van der Waals surface area (Å²) in [6.45, 7) is 3.10. The highest BCUT2D eigenvalue weighted by Gasteiger charge is 2.57. The number of nitrogens with one attached hydrogen (secondary N) is 3. The molecule has 5 amide bonds. The Morgan fingerprint density at radius 3 is 2.75 bits per heavy atom. The molecule has 2 aliphatic heterocycles. The molecule has 10 heteroatoms. The molecule has 1 saturated carbocycles. The number of nitrogens with zero attached hydrogens (tertiary/aromatic N) is 2. The quantitative estimate of drug-likeness (QED) is 0.593. The number of imide groups is 1.